The minimum absolute atomic E-state index is 0.280. The molecular formula is C45H29N3S. The second kappa shape index (κ2) is 9.62. The van der Waals surface area contributed by atoms with Crippen LogP contribution in [0.25, 0.3) is 91.9 Å². The summed E-state index contributed by atoms with van der Waals surface area (Å²) in [6.07, 6.45) is 0. The average molecular weight is 644 g/mol. The van der Waals surface area contributed by atoms with Gasteiger partial charge in [0, 0.05) is 52.9 Å². The maximum Gasteiger partial charge on any atom is 0.165 e. The number of thiophene rings is 1. The quantitative estimate of drug-likeness (QED) is 0.188. The van der Waals surface area contributed by atoms with Crippen LogP contribution in [-0.2, 0) is 5.41 Å². The van der Waals surface area contributed by atoms with Crippen molar-refractivity contribution in [2.24, 2.45) is 0 Å². The van der Waals surface area contributed by atoms with Gasteiger partial charge in [-0.3, -0.25) is 4.57 Å². The molecule has 0 aliphatic heterocycles. The molecule has 7 aromatic carbocycles. The van der Waals surface area contributed by atoms with Crippen molar-refractivity contribution in [1.29, 1.82) is 0 Å². The number of fused-ring (bicyclic) bond motifs is 12. The van der Waals surface area contributed by atoms with Crippen LogP contribution in [0.2, 0.25) is 0 Å². The van der Waals surface area contributed by atoms with E-state index in [-0.39, 0.29) is 5.41 Å². The van der Waals surface area contributed by atoms with E-state index >= 15 is 0 Å². The molecule has 0 unspecified atom stereocenters. The maximum absolute atomic E-state index is 5.72. The summed E-state index contributed by atoms with van der Waals surface area (Å²) < 4.78 is 4.96. The highest BCUT2D eigenvalue weighted by atomic mass is 32.1. The monoisotopic (exact) mass is 643 g/mol. The lowest BCUT2D eigenvalue weighted by molar-refractivity contribution is 0.635. The van der Waals surface area contributed by atoms with Crippen molar-refractivity contribution in [3.8, 4) is 28.3 Å². The minimum Gasteiger partial charge on any atom is -0.291 e. The van der Waals surface area contributed by atoms with Gasteiger partial charge in [0.25, 0.3) is 0 Å². The van der Waals surface area contributed by atoms with Gasteiger partial charge in [0.2, 0.25) is 0 Å². The van der Waals surface area contributed by atoms with Crippen molar-refractivity contribution < 1.29 is 0 Å². The summed E-state index contributed by atoms with van der Waals surface area (Å²) in [6.45, 7) is 4.57. The van der Waals surface area contributed by atoms with E-state index in [0.717, 1.165) is 39.5 Å². The molecule has 230 valence electrons. The molecule has 0 saturated carbocycles. The molecule has 11 rings (SSSR count). The molecule has 0 radical (unpaired) electrons. The van der Waals surface area contributed by atoms with E-state index in [1.807, 2.05) is 11.3 Å². The zero-order valence-corrected chi connectivity index (χ0v) is 27.8. The van der Waals surface area contributed by atoms with E-state index in [9.17, 15) is 0 Å². The van der Waals surface area contributed by atoms with Crippen molar-refractivity contribution >= 4 is 74.9 Å². The van der Waals surface area contributed by atoms with E-state index < -0.39 is 0 Å². The van der Waals surface area contributed by atoms with Crippen molar-refractivity contribution in [3.63, 3.8) is 0 Å². The maximum atomic E-state index is 5.72. The Balaban J connectivity index is 1.32. The first-order valence-electron chi connectivity index (χ1n) is 16.8. The van der Waals surface area contributed by atoms with Gasteiger partial charge in [0.1, 0.15) is 5.69 Å². The molecule has 0 fully saturated rings. The largest absolute Gasteiger partial charge is 0.291 e. The average Bonchev–Trinajstić information content (AvgIpc) is 3.75. The highest BCUT2D eigenvalue weighted by Gasteiger charge is 2.39. The minimum atomic E-state index is -0.280. The fourth-order valence-corrected chi connectivity index (χ4v) is 9.46. The van der Waals surface area contributed by atoms with Gasteiger partial charge in [0.05, 0.1) is 22.4 Å². The van der Waals surface area contributed by atoms with E-state index in [2.05, 4.69) is 158 Å². The third-order valence-corrected chi connectivity index (χ3v) is 11.8. The van der Waals surface area contributed by atoms with Crippen LogP contribution in [-0.4, -0.2) is 14.5 Å². The number of benzene rings is 7. The smallest absolute Gasteiger partial charge is 0.165 e. The fourth-order valence-electron chi connectivity index (χ4n) is 8.32. The molecule has 3 nitrogen and oxygen atoms in total. The van der Waals surface area contributed by atoms with Gasteiger partial charge in [-0.1, -0.05) is 129 Å². The fraction of sp³-hybridized carbons (Fsp3) is 0.0667. The van der Waals surface area contributed by atoms with Crippen LogP contribution in [0, 0.1) is 0 Å². The van der Waals surface area contributed by atoms with Gasteiger partial charge in [-0.2, -0.15) is 0 Å². The Morgan fingerprint density at radius 3 is 2.10 bits per heavy atom. The number of hydrogen-bond donors (Lipinski definition) is 0. The summed E-state index contributed by atoms with van der Waals surface area (Å²) in [5.41, 5.74) is 8.42. The van der Waals surface area contributed by atoms with Crippen LogP contribution in [0.1, 0.15) is 25.1 Å². The third-order valence-electron chi connectivity index (χ3n) is 10.7. The summed E-state index contributed by atoms with van der Waals surface area (Å²) >= 11 is 1.84. The van der Waals surface area contributed by atoms with E-state index in [1.54, 1.807) is 0 Å². The zero-order chi connectivity index (χ0) is 32.4. The van der Waals surface area contributed by atoms with Crippen molar-refractivity contribution in [1.82, 2.24) is 14.5 Å². The molecule has 10 aromatic rings. The molecule has 0 bridgehead atoms. The lowest BCUT2D eigenvalue weighted by Gasteiger charge is -2.21. The predicted octanol–water partition coefficient (Wildman–Crippen LogP) is 12.2. The lowest BCUT2D eigenvalue weighted by Crippen LogP contribution is -2.18. The second-order valence-electron chi connectivity index (χ2n) is 13.8. The first-order valence-corrected chi connectivity index (χ1v) is 17.7. The Morgan fingerprint density at radius 1 is 0.531 bits per heavy atom. The van der Waals surface area contributed by atoms with Crippen LogP contribution in [0.3, 0.4) is 0 Å². The summed E-state index contributed by atoms with van der Waals surface area (Å²) in [5.74, 6) is 0.860. The number of rotatable bonds is 2. The summed E-state index contributed by atoms with van der Waals surface area (Å²) in [5, 5.41) is 9.85. The standard InChI is InChI=1S/C45H29N3S/c1-45(2)36-17-9-7-16-34(36)41-43(45)46-40(29-20-21-32-31-15-8-10-18-38(31)49-39(32)25-29)44(47-41)48-37-24-28-13-4-3-12-27(28)23-35(37)33-22-19-26-11-5-6-14-30(26)42(33)48/h3-25H,1-2H3. The van der Waals surface area contributed by atoms with Gasteiger partial charge in [-0.25, -0.2) is 9.97 Å². The first-order chi connectivity index (χ1) is 24.0. The first kappa shape index (κ1) is 27.1. The summed E-state index contributed by atoms with van der Waals surface area (Å²) in [6, 6.07) is 50.8. The molecule has 0 atom stereocenters. The van der Waals surface area contributed by atoms with Crippen molar-refractivity contribution in [3.05, 3.63) is 151 Å². The Kier molecular flexibility index (Phi) is 5.33. The number of nitrogens with zero attached hydrogens (tertiary/aromatic N) is 3. The van der Waals surface area contributed by atoms with Crippen LogP contribution in [0.5, 0.6) is 0 Å². The second-order valence-corrected chi connectivity index (χ2v) is 14.9. The van der Waals surface area contributed by atoms with Crippen LogP contribution in [0.4, 0.5) is 0 Å². The van der Waals surface area contributed by atoms with Crippen molar-refractivity contribution in [2.75, 3.05) is 0 Å². The topological polar surface area (TPSA) is 30.7 Å². The Bertz CT molecular complexity index is 3030. The molecule has 49 heavy (non-hydrogen) atoms. The predicted molar refractivity (Wildman–Crippen MR) is 207 cm³/mol. The van der Waals surface area contributed by atoms with Gasteiger partial charge >= 0.3 is 0 Å². The molecule has 0 N–H and O–H groups in total. The summed E-state index contributed by atoms with van der Waals surface area (Å²) in [7, 11) is 0. The Hall–Kier alpha value is -5.84. The van der Waals surface area contributed by atoms with E-state index in [1.165, 1.54) is 63.6 Å². The van der Waals surface area contributed by atoms with Crippen LogP contribution in [0.15, 0.2) is 140 Å². The highest BCUT2D eigenvalue weighted by molar-refractivity contribution is 7.25. The normalized spacial score (nSPS) is 13.7. The molecule has 1 aliphatic carbocycles. The van der Waals surface area contributed by atoms with Gasteiger partial charge < -0.3 is 0 Å². The van der Waals surface area contributed by atoms with Gasteiger partial charge in [-0.05, 0) is 46.0 Å². The number of hydrogen-bond acceptors (Lipinski definition) is 3. The van der Waals surface area contributed by atoms with Gasteiger partial charge in [-0.15, -0.1) is 11.3 Å². The molecule has 4 heteroatoms. The molecule has 0 spiro atoms. The molecular weight excluding hydrogens is 615 g/mol. The van der Waals surface area contributed by atoms with E-state index in [4.69, 9.17) is 9.97 Å². The molecule has 0 amide bonds. The molecule has 0 saturated heterocycles. The summed E-state index contributed by atoms with van der Waals surface area (Å²) in [4.78, 5) is 11.4. The Morgan fingerprint density at radius 2 is 1.22 bits per heavy atom. The van der Waals surface area contributed by atoms with Crippen LogP contribution < -0.4 is 0 Å². The molecule has 3 heterocycles. The third kappa shape index (κ3) is 3.67. The SMILES string of the molecule is CC1(C)c2ccccc2-c2nc(-n3c4cc5ccccc5cc4c4ccc5ccccc5c43)c(-c3ccc4c(c3)sc3ccccc34)nc21. The molecule has 3 aromatic heterocycles. The number of aromatic nitrogens is 3. The van der Waals surface area contributed by atoms with Crippen LogP contribution >= 0.6 is 11.3 Å². The van der Waals surface area contributed by atoms with E-state index in [0.29, 0.717) is 0 Å². The van der Waals surface area contributed by atoms with Crippen molar-refractivity contribution in [2.45, 2.75) is 19.3 Å². The highest BCUT2D eigenvalue weighted by Crippen LogP contribution is 2.49. The zero-order valence-electron chi connectivity index (χ0n) is 27.0. The lowest BCUT2D eigenvalue weighted by atomic mass is 9.85. The molecule has 1 aliphatic rings. The Labute approximate surface area is 286 Å². The van der Waals surface area contributed by atoms with Gasteiger partial charge in [0.15, 0.2) is 5.82 Å².